The summed E-state index contributed by atoms with van der Waals surface area (Å²) in [6, 6.07) is 9.22. The van der Waals surface area contributed by atoms with Crippen LogP contribution in [0.25, 0.3) is 0 Å². The number of hydrogen-bond donors (Lipinski definition) is 1. The molecule has 3 rings (SSSR count). The molecule has 1 aromatic carbocycles. The van der Waals surface area contributed by atoms with E-state index in [1.807, 2.05) is 32.0 Å². The molecule has 5 N–H and O–H groups in total. The summed E-state index contributed by atoms with van der Waals surface area (Å²) in [4.78, 5) is 24.1. The van der Waals surface area contributed by atoms with Crippen LogP contribution < -0.4 is 10.1 Å². The number of ether oxygens (including phenoxy) is 2. The molecule has 178 valence electrons. The molecule has 2 atom stereocenters. The second kappa shape index (κ2) is 13.3. The minimum absolute atomic E-state index is 0. The molecule has 1 aliphatic heterocycles. The molecule has 9 nitrogen and oxygen atoms in total. The maximum atomic E-state index is 12.7. The normalized spacial score (nSPS) is 18.2. The lowest BCUT2D eigenvalue weighted by Crippen LogP contribution is -2.55. The van der Waals surface area contributed by atoms with Gasteiger partial charge < -0.3 is 25.7 Å². The first-order valence-corrected chi connectivity index (χ1v) is 11.1. The zero-order chi connectivity index (χ0) is 21.5. The van der Waals surface area contributed by atoms with Crippen molar-refractivity contribution in [2.75, 3.05) is 39.6 Å². The largest absolute Gasteiger partial charge is 0.496 e. The fourth-order valence-corrected chi connectivity index (χ4v) is 4.64. The number of nitrogens with one attached hydrogen (secondary N) is 1. The number of likely N-dealkylation sites (tertiary alicyclic amines) is 1. The molecule has 0 radical (unpaired) electrons. The average molecular weight is 467 g/mol. The van der Waals surface area contributed by atoms with E-state index in [1.54, 1.807) is 38.1 Å². The van der Waals surface area contributed by atoms with Gasteiger partial charge in [-0.1, -0.05) is 23.9 Å². The minimum Gasteiger partial charge on any atom is -0.496 e. The topological polar surface area (TPSA) is 140 Å². The lowest BCUT2D eigenvalue weighted by Gasteiger charge is -2.38. The summed E-state index contributed by atoms with van der Waals surface area (Å²) in [5.41, 5.74) is 2.54. The van der Waals surface area contributed by atoms with Crippen LogP contribution in [0.5, 0.6) is 5.75 Å². The zero-order valence-electron chi connectivity index (χ0n) is 19.1. The van der Waals surface area contributed by atoms with Gasteiger partial charge in [-0.15, -0.1) is 0 Å². The number of carbonyl (C=O) groups excluding carboxylic acids is 1. The summed E-state index contributed by atoms with van der Waals surface area (Å²) in [6.45, 7) is 6.60. The van der Waals surface area contributed by atoms with E-state index in [2.05, 4.69) is 20.2 Å². The average Bonchev–Trinajstić information content (AvgIpc) is 2.73. The molecule has 0 bridgehead atoms. The van der Waals surface area contributed by atoms with Crippen molar-refractivity contribution in [2.24, 2.45) is 0 Å². The summed E-state index contributed by atoms with van der Waals surface area (Å²) in [5, 5.41) is 3.96. The number of nitrogens with zero attached hydrogens (tertiary/aromatic N) is 3. The van der Waals surface area contributed by atoms with E-state index in [-0.39, 0.29) is 29.0 Å². The molecule has 1 saturated heterocycles. The third-order valence-electron chi connectivity index (χ3n) is 5.21. The standard InChI is InChI=1S/C22H30N4O3S.2H2O/c1-15-13-16(2)24-22(23-15)30-12-11-26-10-9-18(20(14-26)29-4)25-21(27)17-7-5-6-8-19(17)28-3;;/h5-8,13,18,20H,9-12,14H2,1-4H3,(H,25,27);2*1H2. The van der Waals surface area contributed by atoms with Gasteiger partial charge in [-0.2, -0.15) is 0 Å². The first-order valence-electron chi connectivity index (χ1n) is 10.1. The lowest BCUT2D eigenvalue weighted by atomic mass is 10.0. The highest BCUT2D eigenvalue weighted by molar-refractivity contribution is 7.99. The Morgan fingerprint density at radius 2 is 1.88 bits per heavy atom. The van der Waals surface area contributed by atoms with Crippen LogP contribution in [0, 0.1) is 13.8 Å². The van der Waals surface area contributed by atoms with Crippen molar-refractivity contribution in [2.45, 2.75) is 37.6 Å². The summed E-state index contributed by atoms with van der Waals surface area (Å²) in [7, 11) is 3.28. The van der Waals surface area contributed by atoms with Crippen LogP contribution in [0.4, 0.5) is 0 Å². The van der Waals surface area contributed by atoms with E-state index in [0.717, 1.165) is 48.4 Å². The Bertz CT molecular complexity index is 850. The second-order valence-electron chi connectivity index (χ2n) is 7.43. The van der Waals surface area contributed by atoms with Gasteiger partial charge in [0, 0.05) is 43.9 Å². The van der Waals surface area contributed by atoms with Crippen molar-refractivity contribution < 1.29 is 25.2 Å². The smallest absolute Gasteiger partial charge is 0.255 e. The summed E-state index contributed by atoms with van der Waals surface area (Å²) < 4.78 is 11.0. The van der Waals surface area contributed by atoms with Gasteiger partial charge in [0.05, 0.1) is 24.8 Å². The molecule has 1 aromatic heterocycles. The zero-order valence-corrected chi connectivity index (χ0v) is 19.9. The molecule has 0 saturated carbocycles. The van der Waals surface area contributed by atoms with E-state index >= 15 is 0 Å². The van der Waals surface area contributed by atoms with Gasteiger partial charge in [0.25, 0.3) is 5.91 Å². The highest BCUT2D eigenvalue weighted by atomic mass is 32.2. The van der Waals surface area contributed by atoms with Gasteiger partial charge in [0.15, 0.2) is 5.16 Å². The third kappa shape index (κ3) is 7.42. The van der Waals surface area contributed by atoms with E-state index < -0.39 is 0 Å². The summed E-state index contributed by atoms with van der Waals surface area (Å²) in [5.74, 6) is 1.36. The minimum atomic E-state index is -0.129. The van der Waals surface area contributed by atoms with E-state index in [0.29, 0.717) is 11.3 Å². The molecule has 10 heteroatoms. The molecule has 2 aromatic rings. The van der Waals surface area contributed by atoms with Crippen molar-refractivity contribution in [1.82, 2.24) is 20.2 Å². The van der Waals surface area contributed by atoms with Gasteiger partial charge >= 0.3 is 0 Å². The Hall–Kier alpha value is -2.24. The van der Waals surface area contributed by atoms with Crippen LogP contribution in [0.1, 0.15) is 28.2 Å². The molecular weight excluding hydrogens is 432 g/mol. The molecule has 2 unspecified atom stereocenters. The number of rotatable bonds is 8. The Labute approximate surface area is 193 Å². The molecule has 1 fully saturated rings. The van der Waals surface area contributed by atoms with Gasteiger partial charge in [-0.3, -0.25) is 9.69 Å². The van der Waals surface area contributed by atoms with Crippen molar-refractivity contribution >= 4 is 17.7 Å². The number of para-hydroxylation sites is 1. The van der Waals surface area contributed by atoms with Gasteiger partial charge in [-0.05, 0) is 38.5 Å². The second-order valence-corrected chi connectivity index (χ2v) is 8.49. The van der Waals surface area contributed by atoms with E-state index in [9.17, 15) is 4.79 Å². The number of hydrogen-bond acceptors (Lipinski definition) is 7. The Morgan fingerprint density at radius 3 is 2.53 bits per heavy atom. The number of thioether (sulfide) groups is 1. The van der Waals surface area contributed by atoms with Gasteiger partial charge in [0.1, 0.15) is 5.75 Å². The molecule has 0 aliphatic carbocycles. The van der Waals surface area contributed by atoms with Gasteiger partial charge in [0.2, 0.25) is 0 Å². The summed E-state index contributed by atoms with van der Waals surface area (Å²) in [6.07, 6.45) is 0.782. The van der Waals surface area contributed by atoms with E-state index in [1.165, 1.54) is 0 Å². The van der Waals surface area contributed by atoms with Crippen LogP contribution in [0.3, 0.4) is 0 Å². The first kappa shape index (κ1) is 27.8. The highest BCUT2D eigenvalue weighted by Gasteiger charge is 2.31. The van der Waals surface area contributed by atoms with Crippen LogP contribution in [0.2, 0.25) is 0 Å². The van der Waals surface area contributed by atoms with Crippen LogP contribution >= 0.6 is 11.8 Å². The van der Waals surface area contributed by atoms with Crippen molar-refractivity contribution in [3.63, 3.8) is 0 Å². The molecule has 1 aliphatic rings. The van der Waals surface area contributed by atoms with Crippen molar-refractivity contribution in [3.05, 3.63) is 47.3 Å². The number of aromatic nitrogens is 2. The number of carbonyl (C=O) groups is 1. The van der Waals surface area contributed by atoms with Crippen LogP contribution in [0.15, 0.2) is 35.5 Å². The Kier molecular flexibility index (Phi) is 11.6. The maximum absolute atomic E-state index is 12.7. The number of amides is 1. The highest BCUT2D eigenvalue weighted by Crippen LogP contribution is 2.20. The molecule has 32 heavy (non-hydrogen) atoms. The first-order chi connectivity index (χ1) is 14.5. The fourth-order valence-electron chi connectivity index (χ4n) is 3.69. The molecule has 0 spiro atoms. The third-order valence-corrected chi connectivity index (χ3v) is 6.04. The predicted molar refractivity (Wildman–Crippen MR) is 126 cm³/mol. The molecule has 1 amide bonds. The number of piperidine rings is 1. The lowest BCUT2D eigenvalue weighted by molar-refractivity contribution is 0.00833. The predicted octanol–water partition coefficient (Wildman–Crippen LogP) is 1.06. The van der Waals surface area contributed by atoms with Crippen LogP contribution in [-0.2, 0) is 4.74 Å². The Balaban J connectivity index is 0.00000256. The summed E-state index contributed by atoms with van der Waals surface area (Å²) >= 11 is 1.68. The van der Waals surface area contributed by atoms with Crippen LogP contribution in [-0.4, -0.2) is 83.5 Å². The van der Waals surface area contributed by atoms with Crippen molar-refractivity contribution in [1.29, 1.82) is 0 Å². The molecular formula is C22H34N4O5S. The molecule has 2 heterocycles. The van der Waals surface area contributed by atoms with Crippen molar-refractivity contribution in [3.8, 4) is 5.75 Å². The number of aryl methyl sites for hydroxylation is 2. The Morgan fingerprint density at radius 1 is 1.19 bits per heavy atom. The SMILES string of the molecule is COc1ccccc1C(=O)NC1CCN(CCSc2nc(C)cc(C)n2)CC1OC.O.O. The van der Waals surface area contributed by atoms with E-state index in [4.69, 9.17) is 9.47 Å². The number of methoxy groups -OCH3 is 2. The monoisotopic (exact) mass is 466 g/mol. The quantitative estimate of drug-likeness (QED) is 0.453. The number of benzene rings is 1. The fraction of sp³-hybridized carbons (Fsp3) is 0.500. The van der Waals surface area contributed by atoms with Gasteiger partial charge in [-0.25, -0.2) is 9.97 Å². The maximum Gasteiger partial charge on any atom is 0.255 e.